The number of esters is 2. The maximum absolute atomic E-state index is 13.2. The van der Waals surface area contributed by atoms with Crippen molar-refractivity contribution in [2.24, 2.45) is 11.8 Å². The zero-order valence-corrected chi connectivity index (χ0v) is 21.7. The molecule has 6 heteroatoms. The van der Waals surface area contributed by atoms with Gasteiger partial charge in [0.25, 0.3) is 0 Å². The molecule has 33 heavy (non-hydrogen) atoms. The Bertz CT molecular complexity index is 826. The third-order valence-electron chi connectivity index (χ3n) is 6.62. The van der Waals surface area contributed by atoms with E-state index < -0.39 is 41.4 Å². The fourth-order valence-electron chi connectivity index (χ4n) is 4.80. The molecule has 0 radical (unpaired) electrons. The predicted molar refractivity (Wildman–Crippen MR) is 128 cm³/mol. The van der Waals surface area contributed by atoms with E-state index in [9.17, 15) is 19.8 Å². The normalized spacial score (nSPS) is 28.3. The van der Waals surface area contributed by atoms with Crippen LogP contribution in [0.4, 0.5) is 0 Å². The second kappa shape index (κ2) is 9.75. The lowest BCUT2D eigenvalue weighted by atomic mass is 9.60. The Morgan fingerprint density at radius 1 is 0.939 bits per heavy atom. The van der Waals surface area contributed by atoms with Crippen LogP contribution < -0.4 is 0 Å². The lowest BCUT2D eigenvalue weighted by molar-refractivity contribution is -0.180. The van der Waals surface area contributed by atoms with Crippen LogP contribution in [0.5, 0.6) is 0 Å². The molecule has 0 heterocycles. The quantitative estimate of drug-likeness (QED) is 0.636. The van der Waals surface area contributed by atoms with Crippen LogP contribution >= 0.6 is 0 Å². The van der Waals surface area contributed by atoms with Crippen molar-refractivity contribution in [1.29, 1.82) is 0 Å². The maximum Gasteiger partial charge on any atom is 0.312 e. The van der Waals surface area contributed by atoms with Gasteiger partial charge in [-0.2, -0.15) is 0 Å². The van der Waals surface area contributed by atoms with Crippen molar-refractivity contribution in [3.63, 3.8) is 0 Å². The molecular formula is C27H42O6. The highest BCUT2D eigenvalue weighted by Crippen LogP contribution is 2.49. The number of ether oxygens (including phenoxy) is 2. The molecule has 0 spiro atoms. The molecule has 0 bridgehead atoms. The van der Waals surface area contributed by atoms with Crippen LogP contribution in [0.15, 0.2) is 18.2 Å². The molecule has 1 fully saturated rings. The fourth-order valence-corrected chi connectivity index (χ4v) is 4.80. The van der Waals surface area contributed by atoms with Gasteiger partial charge in [0, 0.05) is 12.3 Å². The van der Waals surface area contributed by atoms with Gasteiger partial charge in [0.2, 0.25) is 0 Å². The third-order valence-corrected chi connectivity index (χ3v) is 6.62. The molecule has 186 valence electrons. The summed E-state index contributed by atoms with van der Waals surface area (Å²) in [4.78, 5) is 26.3. The molecule has 1 aliphatic carbocycles. The van der Waals surface area contributed by atoms with Crippen molar-refractivity contribution in [3.05, 3.63) is 34.9 Å². The van der Waals surface area contributed by atoms with Crippen LogP contribution in [-0.4, -0.2) is 47.1 Å². The summed E-state index contributed by atoms with van der Waals surface area (Å²) in [7, 11) is 0. The van der Waals surface area contributed by atoms with Crippen LogP contribution in [0.1, 0.15) is 91.3 Å². The van der Waals surface area contributed by atoms with Gasteiger partial charge in [-0.1, -0.05) is 59.7 Å². The molecule has 0 saturated heterocycles. The monoisotopic (exact) mass is 462 g/mol. The first-order chi connectivity index (χ1) is 15.0. The molecule has 1 saturated carbocycles. The zero-order valence-electron chi connectivity index (χ0n) is 21.7. The van der Waals surface area contributed by atoms with E-state index >= 15 is 0 Å². The molecule has 6 nitrogen and oxygen atoms in total. The molecule has 1 aliphatic rings. The van der Waals surface area contributed by atoms with Gasteiger partial charge >= 0.3 is 11.9 Å². The summed E-state index contributed by atoms with van der Waals surface area (Å²) in [5.74, 6) is -3.98. The second-order valence-electron chi connectivity index (χ2n) is 11.5. The fraction of sp³-hybridized carbons (Fsp3) is 0.704. The number of hydrogen-bond donors (Lipinski definition) is 2. The molecule has 0 amide bonds. The van der Waals surface area contributed by atoms with Crippen LogP contribution in [0, 0.1) is 11.8 Å². The smallest absolute Gasteiger partial charge is 0.312 e. The number of hydrogen-bond acceptors (Lipinski definition) is 6. The second-order valence-corrected chi connectivity index (χ2v) is 11.5. The average Bonchev–Trinajstić information content (AvgIpc) is 2.65. The first-order valence-electron chi connectivity index (χ1n) is 11.9. The van der Waals surface area contributed by atoms with E-state index in [2.05, 4.69) is 47.6 Å². The van der Waals surface area contributed by atoms with E-state index in [-0.39, 0.29) is 30.5 Å². The van der Waals surface area contributed by atoms with Gasteiger partial charge in [0.1, 0.15) is 0 Å². The lowest BCUT2D eigenvalue weighted by Crippen LogP contribution is -2.56. The standard InChI is InChI=1S/C27H42O6/c1-10-32-23(29)21-19(28)15-27(9,31)22(24(30)33-11-2)20(21)16-12-17(25(3,4)5)14-18(13-16)26(6,7)8/h12-14,19-22,28,31H,10-11,15H2,1-9H3. The Labute approximate surface area is 198 Å². The average molecular weight is 463 g/mol. The van der Waals surface area contributed by atoms with Crippen LogP contribution in [0.2, 0.25) is 0 Å². The van der Waals surface area contributed by atoms with E-state index in [0.717, 1.165) is 16.7 Å². The van der Waals surface area contributed by atoms with E-state index in [1.54, 1.807) is 13.8 Å². The van der Waals surface area contributed by atoms with E-state index in [1.165, 1.54) is 6.92 Å². The lowest BCUT2D eigenvalue weighted by Gasteiger charge is -2.47. The zero-order chi connectivity index (χ0) is 25.4. The number of rotatable bonds is 5. The summed E-state index contributed by atoms with van der Waals surface area (Å²) in [5, 5.41) is 22.3. The van der Waals surface area contributed by atoms with Crippen LogP contribution in [0.3, 0.4) is 0 Å². The SMILES string of the molecule is CCOC(=O)C1C(O)CC(C)(O)C(C(=O)OCC)C1c1cc(C(C)(C)C)cc(C(C)(C)C)c1. The van der Waals surface area contributed by atoms with Crippen molar-refractivity contribution in [1.82, 2.24) is 0 Å². The molecule has 1 aromatic rings. The van der Waals surface area contributed by atoms with Crippen molar-refractivity contribution in [2.45, 2.75) is 97.2 Å². The molecule has 5 unspecified atom stereocenters. The Hall–Kier alpha value is -1.92. The Morgan fingerprint density at radius 3 is 1.82 bits per heavy atom. The van der Waals surface area contributed by atoms with Gasteiger partial charge in [-0.15, -0.1) is 0 Å². The van der Waals surface area contributed by atoms with Crippen molar-refractivity contribution in [3.8, 4) is 0 Å². The summed E-state index contributed by atoms with van der Waals surface area (Å²) in [6.45, 7) is 17.9. The summed E-state index contributed by atoms with van der Waals surface area (Å²) < 4.78 is 10.7. The van der Waals surface area contributed by atoms with Crippen LogP contribution in [-0.2, 0) is 29.9 Å². The highest BCUT2D eigenvalue weighted by atomic mass is 16.5. The Balaban J connectivity index is 2.85. The topological polar surface area (TPSA) is 93.1 Å². The number of carbonyl (C=O) groups is 2. The molecular weight excluding hydrogens is 420 g/mol. The van der Waals surface area contributed by atoms with Gasteiger partial charge in [-0.05, 0) is 48.3 Å². The minimum Gasteiger partial charge on any atom is -0.466 e. The number of aliphatic hydroxyl groups is 2. The summed E-state index contributed by atoms with van der Waals surface area (Å²) in [6, 6.07) is 6.14. The Kier molecular flexibility index (Phi) is 8.07. The van der Waals surface area contributed by atoms with Crippen molar-refractivity contribution in [2.75, 3.05) is 13.2 Å². The summed E-state index contributed by atoms with van der Waals surface area (Å²) in [5.41, 5.74) is 0.890. The number of benzene rings is 1. The summed E-state index contributed by atoms with van der Waals surface area (Å²) >= 11 is 0. The molecule has 1 aromatic carbocycles. The van der Waals surface area contributed by atoms with E-state index in [1.807, 2.05) is 12.1 Å². The molecule has 2 rings (SSSR count). The third kappa shape index (κ3) is 5.96. The summed E-state index contributed by atoms with van der Waals surface area (Å²) in [6.07, 6.45) is -1.28. The van der Waals surface area contributed by atoms with Gasteiger partial charge in [-0.3, -0.25) is 9.59 Å². The molecule has 2 N–H and O–H groups in total. The van der Waals surface area contributed by atoms with Gasteiger partial charge in [0.15, 0.2) is 0 Å². The highest BCUT2D eigenvalue weighted by Gasteiger charge is 2.57. The van der Waals surface area contributed by atoms with Gasteiger partial charge in [0.05, 0.1) is 36.8 Å². The minimum atomic E-state index is -1.56. The van der Waals surface area contributed by atoms with Crippen molar-refractivity contribution >= 4 is 11.9 Å². The maximum atomic E-state index is 13.2. The number of carbonyl (C=O) groups excluding carboxylic acids is 2. The predicted octanol–water partition coefficient (Wildman–Crippen LogP) is 4.24. The Morgan fingerprint density at radius 2 is 1.39 bits per heavy atom. The number of aliphatic hydroxyl groups excluding tert-OH is 1. The highest BCUT2D eigenvalue weighted by molar-refractivity contribution is 5.80. The van der Waals surface area contributed by atoms with E-state index in [4.69, 9.17) is 9.47 Å². The molecule has 5 atom stereocenters. The molecule has 0 aliphatic heterocycles. The molecule has 0 aromatic heterocycles. The first kappa shape index (κ1) is 27.3. The van der Waals surface area contributed by atoms with Crippen molar-refractivity contribution < 1.29 is 29.3 Å². The van der Waals surface area contributed by atoms with Crippen LogP contribution in [0.25, 0.3) is 0 Å². The first-order valence-corrected chi connectivity index (χ1v) is 11.9. The van der Waals surface area contributed by atoms with Gasteiger partial charge < -0.3 is 19.7 Å². The van der Waals surface area contributed by atoms with E-state index in [0.29, 0.717) is 0 Å². The minimum absolute atomic E-state index is 0.123. The van der Waals surface area contributed by atoms with Gasteiger partial charge in [-0.25, -0.2) is 0 Å². The largest absolute Gasteiger partial charge is 0.466 e.